The SMILES string of the molecule is Cl.S=C(NCc1ccc2c(c1)OCO2)N1CCN(c2ncnc3c2oc2ccccc23)CC1. The van der Waals surface area contributed by atoms with E-state index in [0.29, 0.717) is 6.54 Å². The number of anilines is 1. The van der Waals surface area contributed by atoms with Crippen LogP contribution in [0, 0.1) is 0 Å². The number of halogens is 1. The Balaban J connectivity index is 0.00000228. The quantitative estimate of drug-likeness (QED) is 0.438. The largest absolute Gasteiger partial charge is 0.454 e. The van der Waals surface area contributed by atoms with Crippen LogP contribution in [-0.2, 0) is 6.54 Å². The number of para-hydroxylation sites is 1. The molecule has 0 bridgehead atoms. The number of aromatic nitrogens is 2. The molecule has 6 rings (SSSR count). The second-order valence-electron chi connectivity index (χ2n) is 7.79. The van der Waals surface area contributed by atoms with Crippen molar-refractivity contribution in [3.05, 3.63) is 54.4 Å². The Morgan fingerprint density at radius 3 is 2.70 bits per heavy atom. The molecule has 1 fully saturated rings. The molecular weight excluding hydrogens is 462 g/mol. The van der Waals surface area contributed by atoms with Gasteiger partial charge < -0.3 is 29.0 Å². The summed E-state index contributed by atoms with van der Waals surface area (Å²) in [4.78, 5) is 13.4. The number of hydrogen-bond acceptors (Lipinski definition) is 7. The molecule has 1 saturated heterocycles. The Kier molecular flexibility index (Phi) is 5.82. The standard InChI is InChI=1S/C23H21N5O3S.ClH/c32-23(24-12-15-5-6-18-19(11-15)30-14-29-18)28-9-7-27(8-10-28)22-21-20(25-13-26-22)16-3-1-2-4-17(16)31-21;/h1-6,11,13H,7-10,12,14H2,(H,24,32);1H. The summed E-state index contributed by atoms with van der Waals surface area (Å²) in [6.45, 7) is 4.13. The van der Waals surface area contributed by atoms with Crippen LogP contribution in [0.3, 0.4) is 0 Å². The first kappa shape index (κ1) is 21.5. The fourth-order valence-corrected chi connectivity index (χ4v) is 4.45. The normalized spacial score (nSPS) is 15.0. The van der Waals surface area contributed by atoms with Gasteiger partial charge in [0.2, 0.25) is 6.79 Å². The summed E-state index contributed by atoms with van der Waals surface area (Å²) in [6, 6.07) is 13.9. The van der Waals surface area contributed by atoms with E-state index in [2.05, 4.69) is 25.1 Å². The van der Waals surface area contributed by atoms with Crippen molar-refractivity contribution in [1.82, 2.24) is 20.2 Å². The number of furan rings is 1. The summed E-state index contributed by atoms with van der Waals surface area (Å²) in [5, 5.41) is 5.12. The Morgan fingerprint density at radius 1 is 1.00 bits per heavy atom. The lowest BCUT2D eigenvalue weighted by Gasteiger charge is -2.36. The molecule has 170 valence electrons. The van der Waals surface area contributed by atoms with E-state index >= 15 is 0 Å². The lowest BCUT2D eigenvalue weighted by atomic mass is 10.2. The van der Waals surface area contributed by atoms with E-state index in [4.69, 9.17) is 26.1 Å². The summed E-state index contributed by atoms with van der Waals surface area (Å²) < 4.78 is 16.9. The molecule has 10 heteroatoms. The van der Waals surface area contributed by atoms with Gasteiger partial charge in [-0.1, -0.05) is 18.2 Å². The topological polar surface area (TPSA) is 75.9 Å². The molecule has 2 aliphatic rings. The van der Waals surface area contributed by atoms with Crippen LogP contribution >= 0.6 is 24.6 Å². The van der Waals surface area contributed by atoms with Gasteiger partial charge in [-0.25, -0.2) is 9.97 Å². The molecule has 0 saturated carbocycles. The number of nitrogens with zero attached hydrogens (tertiary/aromatic N) is 4. The summed E-state index contributed by atoms with van der Waals surface area (Å²) in [6.07, 6.45) is 1.61. The van der Waals surface area contributed by atoms with E-state index in [1.54, 1.807) is 6.33 Å². The fourth-order valence-electron chi connectivity index (χ4n) is 4.20. The highest BCUT2D eigenvalue weighted by Crippen LogP contribution is 2.33. The molecular formula is C23H22ClN5O3S. The number of ether oxygens (including phenoxy) is 2. The van der Waals surface area contributed by atoms with Gasteiger partial charge >= 0.3 is 0 Å². The maximum atomic E-state index is 6.09. The van der Waals surface area contributed by atoms with E-state index in [9.17, 15) is 0 Å². The molecule has 0 radical (unpaired) electrons. The molecule has 0 unspecified atom stereocenters. The first-order valence-electron chi connectivity index (χ1n) is 10.5. The van der Waals surface area contributed by atoms with Gasteiger partial charge in [0.05, 0.1) is 0 Å². The Labute approximate surface area is 201 Å². The lowest BCUT2D eigenvalue weighted by molar-refractivity contribution is 0.174. The van der Waals surface area contributed by atoms with Crippen LogP contribution in [0.25, 0.3) is 22.1 Å². The Bertz CT molecular complexity index is 1320. The summed E-state index contributed by atoms with van der Waals surface area (Å²) in [7, 11) is 0. The van der Waals surface area contributed by atoms with Gasteiger partial charge in [0.15, 0.2) is 28.0 Å². The highest BCUT2D eigenvalue weighted by Gasteiger charge is 2.24. The predicted molar refractivity (Wildman–Crippen MR) is 132 cm³/mol. The maximum Gasteiger partial charge on any atom is 0.231 e. The minimum absolute atomic E-state index is 0. The molecule has 4 aromatic rings. The molecule has 2 aromatic carbocycles. The van der Waals surface area contributed by atoms with Crippen molar-refractivity contribution in [1.29, 1.82) is 0 Å². The summed E-state index contributed by atoms with van der Waals surface area (Å²) in [5.41, 5.74) is 3.53. The van der Waals surface area contributed by atoms with Crippen LogP contribution in [0.2, 0.25) is 0 Å². The van der Waals surface area contributed by atoms with Crippen LogP contribution in [0.15, 0.2) is 53.2 Å². The van der Waals surface area contributed by atoms with E-state index < -0.39 is 0 Å². The number of thiocarbonyl (C=S) groups is 1. The van der Waals surface area contributed by atoms with Gasteiger partial charge in [-0.15, -0.1) is 12.4 Å². The second-order valence-corrected chi connectivity index (χ2v) is 8.18. The zero-order chi connectivity index (χ0) is 21.5. The number of nitrogens with one attached hydrogen (secondary N) is 1. The monoisotopic (exact) mass is 483 g/mol. The van der Waals surface area contributed by atoms with Crippen LogP contribution in [0.5, 0.6) is 11.5 Å². The average molecular weight is 484 g/mol. The third kappa shape index (κ3) is 3.98. The summed E-state index contributed by atoms with van der Waals surface area (Å²) in [5.74, 6) is 2.41. The highest BCUT2D eigenvalue weighted by molar-refractivity contribution is 7.80. The third-order valence-corrected chi connectivity index (χ3v) is 6.29. The number of hydrogen-bond donors (Lipinski definition) is 1. The zero-order valence-corrected chi connectivity index (χ0v) is 19.3. The molecule has 2 aromatic heterocycles. The maximum absolute atomic E-state index is 6.09. The van der Waals surface area contributed by atoms with Crippen molar-refractivity contribution in [2.45, 2.75) is 6.54 Å². The van der Waals surface area contributed by atoms with Crippen molar-refractivity contribution in [2.24, 2.45) is 0 Å². The average Bonchev–Trinajstić information content (AvgIpc) is 3.46. The molecule has 1 N–H and O–H groups in total. The van der Waals surface area contributed by atoms with Gasteiger partial charge in [0.1, 0.15) is 17.4 Å². The first-order chi connectivity index (χ1) is 15.8. The van der Waals surface area contributed by atoms with Crippen LogP contribution in [0.1, 0.15) is 5.56 Å². The fraction of sp³-hybridized carbons (Fsp3) is 0.261. The van der Waals surface area contributed by atoms with Crippen LogP contribution < -0.4 is 19.7 Å². The van der Waals surface area contributed by atoms with Crippen LogP contribution in [-0.4, -0.2) is 53.0 Å². The lowest BCUT2D eigenvalue weighted by Crippen LogP contribution is -2.51. The van der Waals surface area contributed by atoms with E-state index in [0.717, 1.165) is 76.2 Å². The molecule has 4 heterocycles. The molecule has 0 amide bonds. The van der Waals surface area contributed by atoms with Crippen molar-refractivity contribution in [3.8, 4) is 11.5 Å². The van der Waals surface area contributed by atoms with Gasteiger partial charge in [0.25, 0.3) is 0 Å². The minimum atomic E-state index is 0. The van der Waals surface area contributed by atoms with Crippen molar-refractivity contribution in [2.75, 3.05) is 37.9 Å². The van der Waals surface area contributed by atoms with Gasteiger partial charge in [-0.05, 0) is 42.0 Å². The first-order valence-corrected chi connectivity index (χ1v) is 11.0. The second kappa shape index (κ2) is 8.92. The van der Waals surface area contributed by atoms with E-state index in [1.807, 2.05) is 42.5 Å². The van der Waals surface area contributed by atoms with Gasteiger partial charge in [0, 0.05) is 38.1 Å². The predicted octanol–water partition coefficient (Wildman–Crippen LogP) is 3.72. The summed E-state index contributed by atoms with van der Waals surface area (Å²) >= 11 is 5.64. The van der Waals surface area contributed by atoms with Gasteiger partial charge in [-0.2, -0.15) is 0 Å². The van der Waals surface area contributed by atoms with Crippen molar-refractivity contribution < 1.29 is 13.9 Å². The van der Waals surface area contributed by atoms with E-state index in [-0.39, 0.29) is 19.2 Å². The highest BCUT2D eigenvalue weighted by atomic mass is 35.5. The number of fused-ring (bicyclic) bond motifs is 4. The molecule has 2 aliphatic heterocycles. The van der Waals surface area contributed by atoms with E-state index in [1.165, 1.54) is 0 Å². The van der Waals surface area contributed by atoms with Crippen LogP contribution in [0.4, 0.5) is 5.82 Å². The third-order valence-electron chi connectivity index (χ3n) is 5.89. The Morgan fingerprint density at radius 2 is 1.82 bits per heavy atom. The Hall–Kier alpha value is -3.30. The molecule has 33 heavy (non-hydrogen) atoms. The molecule has 0 atom stereocenters. The number of rotatable bonds is 3. The van der Waals surface area contributed by atoms with Crippen molar-refractivity contribution >= 4 is 57.6 Å². The minimum Gasteiger partial charge on any atom is -0.454 e. The molecule has 0 aliphatic carbocycles. The smallest absolute Gasteiger partial charge is 0.231 e. The van der Waals surface area contributed by atoms with Crippen molar-refractivity contribution in [3.63, 3.8) is 0 Å². The number of piperazine rings is 1. The van der Waals surface area contributed by atoms with Gasteiger partial charge in [-0.3, -0.25) is 0 Å². The zero-order valence-electron chi connectivity index (χ0n) is 17.7. The molecule has 8 nitrogen and oxygen atoms in total. The number of benzene rings is 2. The molecule has 0 spiro atoms.